The van der Waals surface area contributed by atoms with Crippen LogP contribution in [0.15, 0.2) is 29.2 Å². The number of hydrogen-bond donors (Lipinski definition) is 1. The van der Waals surface area contributed by atoms with Crippen LogP contribution in [0.3, 0.4) is 0 Å². The molecule has 112 valence electrons. The van der Waals surface area contributed by atoms with E-state index in [2.05, 4.69) is 5.32 Å². The summed E-state index contributed by atoms with van der Waals surface area (Å²) in [6.45, 7) is 3.33. The predicted octanol–water partition coefficient (Wildman–Crippen LogP) is 2.66. The van der Waals surface area contributed by atoms with Gasteiger partial charge in [-0.15, -0.1) is 0 Å². The Hall–Kier alpha value is -1.21. The van der Waals surface area contributed by atoms with Crippen LogP contribution in [-0.4, -0.2) is 32.9 Å². The number of benzene rings is 1. The molecule has 1 aliphatic heterocycles. The summed E-state index contributed by atoms with van der Waals surface area (Å²) in [4.78, 5) is -0.374. The van der Waals surface area contributed by atoms with Crippen molar-refractivity contribution in [2.75, 3.05) is 18.5 Å². The Bertz CT molecular complexity index is 551. The quantitative estimate of drug-likeness (QED) is 0.908. The number of anilines is 1. The molecule has 1 fully saturated rings. The van der Waals surface area contributed by atoms with Gasteiger partial charge in [-0.05, 0) is 44.0 Å². The minimum atomic E-state index is -4.52. The summed E-state index contributed by atoms with van der Waals surface area (Å²) in [5, 5.41) is 3.13. The van der Waals surface area contributed by atoms with Gasteiger partial charge in [0.25, 0.3) is 0 Å². The van der Waals surface area contributed by atoms with Crippen LogP contribution in [0.5, 0.6) is 0 Å². The first kappa shape index (κ1) is 15.2. The van der Waals surface area contributed by atoms with Crippen molar-refractivity contribution in [3.8, 4) is 0 Å². The van der Waals surface area contributed by atoms with Crippen LogP contribution in [-0.2, 0) is 14.6 Å². The Labute approximate surface area is 117 Å². The fraction of sp³-hybridized carbons (Fsp3) is 0.538. The predicted molar refractivity (Wildman–Crippen MR) is 71.7 cm³/mol. The first-order chi connectivity index (χ1) is 9.33. The van der Waals surface area contributed by atoms with Crippen molar-refractivity contribution in [1.82, 2.24) is 0 Å². The van der Waals surface area contributed by atoms with E-state index in [0.29, 0.717) is 12.2 Å². The fourth-order valence-corrected chi connectivity index (χ4v) is 2.85. The lowest BCUT2D eigenvalue weighted by Gasteiger charge is -2.24. The molecule has 1 aromatic carbocycles. The van der Waals surface area contributed by atoms with E-state index < -0.39 is 15.6 Å². The second kappa shape index (κ2) is 5.65. The highest BCUT2D eigenvalue weighted by molar-refractivity contribution is 7.91. The Morgan fingerprint density at radius 1 is 1.35 bits per heavy atom. The van der Waals surface area contributed by atoms with Crippen molar-refractivity contribution >= 4 is 15.5 Å². The minimum Gasteiger partial charge on any atom is -0.382 e. The van der Waals surface area contributed by atoms with Crippen LogP contribution in [0, 0.1) is 0 Å². The van der Waals surface area contributed by atoms with Crippen LogP contribution in [0.2, 0.25) is 0 Å². The Kier molecular flexibility index (Phi) is 4.29. The van der Waals surface area contributed by atoms with E-state index >= 15 is 0 Å². The van der Waals surface area contributed by atoms with Gasteiger partial charge in [0.2, 0.25) is 9.84 Å². The smallest absolute Gasteiger partial charge is 0.341 e. The molecule has 2 rings (SSSR count). The van der Waals surface area contributed by atoms with Crippen molar-refractivity contribution in [3.63, 3.8) is 0 Å². The number of nitrogens with one attached hydrogen (secondary N) is 1. The molecule has 1 aromatic rings. The SMILES string of the molecule is CC1(CNc2ccc(S(=O)(=O)C(F)F)cc2)CCCO1. The average molecular weight is 305 g/mol. The first-order valence-electron chi connectivity index (χ1n) is 6.33. The normalized spacial score (nSPS) is 23.2. The second-order valence-electron chi connectivity index (χ2n) is 5.09. The van der Waals surface area contributed by atoms with E-state index in [0.717, 1.165) is 19.4 Å². The summed E-state index contributed by atoms with van der Waals surface area (Å²) in [5.74, 6) is -3.40. The van der Waals surface area contributed by atoms with Gasteiger partial charge in [0.15, 0.2) is 0 Å². The molecule has 0 spiro atoms. The number of ether oxygens (including phenoxy) is 1. The van der Waals surface area contributed by atoms with Crippen LogP contribution in [0.4, 0.5) is 14.5 Å². The Morgan fingerprint density at radius 2 is 2.00 bits per heavy atom. The zero-order valence-electron chi connectivity index (χ0n) is 11.1. The van der Waals surface area contributed by atoms with E-state index in [-0.39, 0.29) is 10.5 Å². The van der Waals surface area contributed by atoms with Crippen molar-refractivity contribution in [2.24, 2.45) is 0 Å². The number of alkyl halides is 2. The summed E-state index contributed by atoms with van der Waals surface area (Å²) in [7, 11) is -4.52. The maximum absolute atomic E-state index is 12.4. The maximum atomic E-state index is 12.4. The molecule has 1 unspecified atom stereocenters. The maximum Gasteiger partial charge on any atom is 0.341 e. The van der Waals surface area contributed by atoms with Crippen LogP contribution >= 0.6 is 0 Å². The van der Waals surface area contributed by atoms with E-state index in [9.17, 15) is 17.2 Å². The van der Waals surface area contributed by atoms with E-state index in [4.69, 9.17) is 4.74 Å². The molecule has 1 heterocycles. The van der Waals surface area contributed by atoms with Crippen LogP contribution < -0.4 is 5.32 Å². The molecule has 0 bridgehead atoms. The number of rotatable bonds is 5. The number of halogens is 2. The standard InChI is InChI=1S/C13H17F2NO3S/c1-13(7-2-8-19-13)9-16-10-3-5-11(6-4-10)20(17,18)12(14)15/h3-6,12,16H,2,7-9H2,1H3. The second-order valence-corrected chi connectivity index (χ2v) is 7.00. The molecule has 1 atom stereocenters. The largest absolute Gasteiger partial charge is 0.382 e. The molecular weight excluding hydrogens is 288 g/mol. The third-order valence-electron chi connectivity index (χ3n) is 3.38. The van der Waals surface area contributed by atoms with E-state index in [1.807, 2.05) is 6.92 Å². The molecule has 1 saturated heterocycles. The third-order valence-corrected chi connectivity index (χ3v) is 4.78. The molecule has 4 nitrogen and oxygen atoms in total. The number of sulfone groups is 1. The first-order valence-corrected chi connectivity index (χ1v) is 7.88. The van der Waals surface area contributed by atoms with Gasteiger partial charge >= 0.3 is 5.76 Å². The molecular formula is C13H17F2NO3S. The zero-order valence-corrected chi connectivity index (χ0v) is 11.9. The van der Waals surface area contributed by atoms with Gasteiger partial charge in [-0.3, -0.25) is 0 Å². The van der Waals surface area contributed by atoms with Gasteiger partial charge in [0.1, 0.15) is 0 Å². The van der Waals surface area contributed by atoms with E-state index in [1.54, 1.807) is 0 Å². The average Bonchev–Trinajstić information content (AvgIpc) is 2.84. The van der Waals surface area contributed by atoms with Crippen molar-refractivity contribution < 1.29 is 21.9 Å². The molecule has 1 N–H and O–H groups in total. The van der Waals surface area contributed by atoms with Gasteiger partial charge in [0.05, 0.1) is 10.5 Å². The summed E-state index contributed by atoms with van der Waals surface area (Å²) >= 11 is 0. The van der Waals surface area contributed by atoms with Crippen molar-refractivity contribution in [1.29, 1.82) is 0 Å². The van der Waals surface area contributed by atoms with Gasteiger partial charge in [-0.25, -0.2) is 8.42 Å². The van der Waals surface area contributed by atoms with Gasteiger partial charge in [-0.1, -0.05) is 0 Å². The highest BCUT2D eigenvalue weighted by Crippen LogP contribution is 2.26. The molecule has 1 aliphatic rings. The molecule has 20 heavy (non-hydrogen) atoms. The van der Waals surface area contributed by atoms with Gasteiger partial charge in [0, 0.05) is 18.8 Å². The molecule has 0 radical (unpaired) electrons. The van der Waals surface area contributed by atoms with E-state index in [1.165, 1.54) is 24.3 Å². The van der Waals surface area contributed by atoms with Crippen molar-refractivity contribution in [3.05, 3.63) is 24.3 Å². The number of hydrogen-bond acceptors (Lipinski definition) is 4. The summed E-state index contributed by atoms with van der Waals surface area (Å²) < 4.78 is 52.9. The monoisotopic (exact) mass is 305 g/mol. The molecule has 0 aliphatic carbocycles. The lowest BCUT2D eigenvalue weighted by molar-refractivity contribution is 0.0315. The molecule has 7 heteroatoms. The molecule has 0 amide bonds. The molecule has 0 saturated carbocycles. The van der Waals surface area contributed by atoms with Gasteiger partial charge < -0.3 is 10.1 Å². The topological polar surface area (TPSA) is 55.4 Å². The summed E-state index contributed by atoms with van der Waals surface area (Å²) in [6.07, 6.45) is 1.97. The Balaban J connectivity index is 2.02. The third kappa shape index (κ3) is 3.27. The van der Waals surface area contributed by atoms with Gasteiger partial charge in [-0.2, -0.15) is 8.78 Å². The van der Waals surface area contributed by atoms with Crippen LogP contribution in [0.25, 0.3) is 0 Å². The lowest BCUT2D eigenvalue weighted by Crippen LogP contribution is -2.32. The van der Waals surface area contributed by atoms with Crippen molar-refractivity contribution in [2.45, 2.75) is 36.0 Å². The summed E-state index contributed by atoms with van der Waals surface area (Å²) in [6, 6.07) is 5.32. The molecule has 0 aromatic heterocycles. The highest BCUT2D eigenvalue weighted by atomic mass is 32.2. The minimum absolute atomic E-state index is 0.228. The fourth-order valence-electron chi connectivity index (χ4n) is 2.13. The lowest BCUT2D eigenvalue weighted by atomic mass is 10.0. The zero-order chi connectivity index (χ0) is 14.8. The summed E-state index contributed by atoms with van der Waals surface area (Å²) in [5.41, 5.74) is 0.447. The Morgan fingerprint density at radius 3 is 2.50 bits per heavy atom. The van der Waals surface area contributed by atoms with Crippen LogP contribution in [0.1, 0.15) is 19.8 Å². The highest BCUT2D eigenvalue weighted by Gasteiger charge is 2.29.